The lowest BCUT2D eigenvalue weighted by Crippen LogP contribution is -2.47. The number of benzene rings is 1. The minimum absolute atomic E-state index is 0.224. The van der Waals surface area contributed by atoms with Gasteiger partial charge in [0.2, 0.25) is 0 Å². The molecule has 1 aromatic rings. The third-order valence-electron chi connectivity index (χ3n) is 3.45. The topological polar surface area (TPSA) is 78.9 Å². The molecule has 1 fully saturated rings. The number of hydrogen-bond donors (Lipinski definition) is 2. The first kappa shape index (κ1) is 15.2. The molecule has 0 aromatic heterocycles. The van der Waals surface area contributed by atoms with E-state index in [0.29, 0.717) is 26.1 Å². The summed E-state index contributed by atoms with van der Waals surface area (Å²) in [6.45, 7) is 1.66. The zero-order valence-corrected chi connectivity index (χ0v) is 11.8. The molecule has 0 radical (unpaired) electrons. The molecule has 2 amide bonds. The molecule has 0 saturated carbocycles. The Morgan fingerprint density at radius 1 is 1.33 bits per heavy atom. The van der Waals surface area contributed by atoms with Gasteiger partial charge in [0, 0.05) is 13.1 Å². The van der Waals surface area contributed by atoms with Crippen LogP contribution < -0.4 is 10.1 Å². The van der Waals surface area contributed by atoms with Gasteiger partial charge in [-0.1, -0.05) is 18.2 Å². The van der Waals surface area contributed by atoms with Crippen molar-refractivity contribution in [3.8, 4) is 5.75 Å². The lowest BCUT2D eigenvalue weighted by atomic mass is 9.99. The summed E-state index contributed by atoms with van der Waals surface area (Å²) in [6, 6.07) is 9.15. The number of rotatable bonds is 5. The molecule has 6 heteroatoms. The van der Waals surface area contributed by atoms with E-state index >= 15 is 0 Å². The fourth-order valence-corrected chi connectivity index (χ4v) is 2.32. The van der Waals surface area contributed by atoms with Crippen LogP contribution in [0, 0.1) is 5.92 Å². The molecule has 6 nitrogen and oxygen atoms in total. The molecule has 0 aliphatic carbocycles. The molecule has 1 saturated heterocycles. The summed E-state index contributed by atoms with van der Waals surface area (Å²) in [7, 11) is 0. The van der Waals surface area contributed by atoms with E-state index in [2.05, 4.69) is 5.32 Å². The van der Waals surface area contributed by atoms with Crippen LogP contribution in [0.3, 0.4) is 0 Å². The monoisotopic (exact) mass is 292 g/mol. The van der Waals surface area contributed by atoms with Crippen molar-refractivity contribution in [1.29, 1.82) is 0 Å². The highest BCUT2D eigenvalue weighted by molar-refractivity contribution is 5.76. The summed E-state index contributed by atoms with van der Waals surface area (Å²) >= 11 is 0. The number of carbonyl (C=O) groups is 2. The largest absolute Gasteiger partial charge is 0.492 e. The van der Waals surface area contributed by atoms with Gasteiger partial charge in [0.1, 0.15) is 12.4 Å². The fourth-order valence-electron chi connectivity index (χ4n) is 2.32. The Kier molecular flexibility index (Phi) is 5.43. The van der Waals surface area contributed by atoms with Crippen molar-refractivity contribution in [3.63, 3.8) is 0 Å². The van der Waals surface area contributed by atoms with Gasteiger partial charge in [-0.05, 0) is 25.0 Å². The van der Waals surface area contributed by atoms with Crippen molar-refractivity contribution in [1.82, 2.24) is 10.2 Å². The zero-order chi connectivity index (χ0) is 15.1. The van der Waals surface area contributed by atoms with Crippen LogP contribution >= 0.6 is 0 Å². The highest BCUT2D eigenvalue weighted by Crippen LogP contribution is 2.16. The maximum absolute atomic E-state index is 11.9. The van der Waals surface area contributed by atoms with Crippen LogP contribution in [0.4, 0.5) is 4.79 Å². The van der Waals surface area contributed by atoms with Gasteiger partial charge in [-0.2, -0.15) is 0 Å². The van der Waals surface area contributed by atoms with Gasteiger partial charge in [-0.15, -0.1) is 0 Å². The molecular formula is C15H20N2O4. The lowest BCUT2D eigenvalue weighted by molar-refractivity contribution is -0.143. The smallest absolute Gasteiger partial charge is 0.317 e. The molecule has 0 unspecified atom stereocenters. The number of piperidine rings is 1. The highest BCUT2D eigenvalue weighted by Gasteiger charge is 2.27. The normalized spacial score (nSPS) is 18.1. The summed E-state index contributed by atoms with van der Waals surface area (Å²) < 4.78 is 5.48. The second kappa shape index (κ2) is 7.52. The number of carboxylic acid groups (broad SMARTS) is 1. The average molecular weight is 292 g/mol. The number of nitrogens with zero attached hydrogens (tertiary/aromatic N) is 1. The Morgan fingerprint density at radius 2 is 2.10 bits per heavy atom. The van der Waals surface area contributed by atoms with Gasteiger partial charge in [0.15, 0.2) is 0 Å². The quantitative estimate of drug-likeness (QED) is 0.807. The number of aliphatic carboxylic acids is 1. The first-order valence-corrected chi connectivity index (χ1v) is 7.10. The van der Waals surface area contributed by atoms with E-state index in [0.717, 1.165) is 12.2 Å². The number of hydrogen-bond acceptors (Lipinski definition) is 3. The van der Waals surface area contributed by atoms with E-state index in [-0.39, 0.29) is 12.6 Å². The Labute approximate surface area is 123 Å². The van der Waals surface area contributed by atoms with Crippen LogP contribution in [0.5, 0.6) is 5.75 Å². The number of ether oxygens (including phenoxy) is 1. The number of carboxylic acids is 1. The minimum atomic E-state index is -0.833. The van der Waals surface area contributed by atoms with Gasteiger partial charge >= 0.3 is 12.0 Å². The Balaban J connectivity index is 1.68. The van der Waals surface area contributed by atoms with Crippen molar-refractivity contribution in [2.45, 2.75) is 12.8 Å². The van der Waals surface area contributed by atoms with Crippen LogP contribution in [0.1, 0.15) is 12.8 Å². The second-order valence-electron chi connectivity index (χ2n) is 5.02. The minimum Gasteiger partial charge on any atom is -0.492 e. The summed E-state index contributed by atoms with van der Waals surface area (Å²) in [4.78, 5) is 24.5. The van der Waals surface area contributed by atoms with Crippen LogP contribution in [0.25, 0.3) is 0 Å². The van der Waals surface area contributed by atoms with Crippen molar-refractivity contribution in [2.24, 2.45) is 5.92 Å². The van der Waals surface area contributed by atoms with Crippen molar-refractivity contribution in [3.05, 3.63) is 30.3 Å². The van der Waals surface area contributed by atoms with E-state index < -0.39 is 11.9 Å². The fraction of sp³-hybridized carbons (Fsp3) is 0.467. The molecule has 1 heterocycles. The second-order valence-corrected chi connectivity index (χ2v) is 5.02. The first-order chi connectivity index (χ1) is 10.2. The van der Waals surface area contributed by atoms with E-state index in [9.17, 15) is 9.59 Å². The molecule has 21 heavy (non-hydrogen) atoms. The number of para-hydroxylation sites is 1. The van der Waals surface area contributed by atoms with Gasteiger partial charge in [-0.25, -0.2) is 4.79 Å². The van der Waals surface area contributed by atoms with Crippen LogP contribution in [0.15, 0.2) is 30.3 Å². The molecule has 1 aliphatic heterocycles. The third kappa shape index (κ3) is 4.66. The molecule has 2 rings (SSSR count). The maximum atomic E-state index is 11.9. The molecular weight excluding hydrogens is 272 g/mol. The summed E-state index contributed by atoms with van der Waals surface area (Å²) in [5.74, 6) is -0.527. The third-order valence-corrected chi connectivity index (χ3v) is 3.45. The van der Waals surface area contributed by atoms with Gasteiger partial charge in [-0.3, -0.25) is 4.79 Å². The first-order valence-electron chi connectivity index (χ1n) is 7.10. The number of likely N-dealkylation sites (tertiary alicyclic amines) is 1. The van der Waals surface area contributed by atoms with Crippen molar-refractivity contribution in [2.75, 3.05) is 26.2 Å². The van der Waals surface area contributed by atoms with Crippen LogP contribution in [0.2, 0.25) is 0 Å². The highest BCUT2D eigenvalue weighted by atomic mass is 16.5. The van der Waals surface area contributed by atoms with Crippen LogP contribution in [-0.2, 0) is 4.79 Å². The zero-order valence-electron chi connectivity index (χ0n) is 11.8. The molecule has 114 valence electrons. The van der Waals surface area contributed by atoms with Gasteiger partial charge in [0.25, 0.3) is 0 Å². The molecule has 1 aromatic carbocycles. The van der Waals surface area contributed by atoms with Gasteiger partial charge < -0.3 is 20.1 Å². The van der Waals surface area contributed by atoms with E-state index in [1.165, 1.54) is 0 Å². The molecule has 2 N–H and O–H groups in total. The van der Waals surface area contributed by atoms with E-state index in [4.69, 9.17) is 9.84 Å². The number of carbonyl (C=O) groups excluding carboxylic acids is 1. The molecule has 1 aliphatic rings. The standard InChI is InChI=1S/C15H20N2O4/c18-14(19)12-5-4-9-17(11-12)15(20)16-8-10-21-13-6-2-1-3-7-13/h1-3,6-7,12H,4-5,8-11H2,(H,16,20)(H,18,19)/t12-/m0/s1. The molecule has 1 atom stereocenters. The summed E-state index contributed by atoms with van der Waals surface area (Å²) in [5, 5.41) is 11.8. The Morgan fingerprint density at radius 3 is 2.81 bits per heavy atom. The number of nitrogens with one attached hydrogen (secondary N) is 1. The van der Waals surface area contributed by atoms with E-state index in [1.807, 2.05) is 30.3 Å². The molecule has 0 bridgehead atoms. The maximum Gasteiger partial charge on any atom is 0.317 e. The number of urea groups is 1. The Bertz CT molecular complexity index is 478. The summed E-state index contributed by atoms with van der Waals surface area (Å²) in [5.41, 5.74) is 0. The SMILES string of the molecule is O=C(O)[C@H]1CCCN(C(=O)NCCOc2ccccc2)C1. The predicted octanol–water partition coefficient (Wildman–Crippen LogP) is 1.57. The summed E-state index contributed by atoms with van der Waals surface area (Å²) in [6.07, 6.45) is 1.36. The lowest BCUT2D eigenvalue weighted by Gasteiger charge is -2.30. The van der Waals surface area contributed by atoms with Crippen molar-refractivity contribution >= 4 is 12.0 Å². The predicted molar refractivity (Wildman–Crippen MR) is 77.3 cm³/mol. The van der Waals surface area contributed by atoms with Gasteiger partial charge in [0.05, 0.1) is 12.5 Å². The average Bonchev–Trinajstić information content (AvgIpc) is 2.52. The number of amides is 2. The van der Waals surface area contributed by atoms with Crippen LogP contribution in [-0.4, -0.2) is 48.2 Å². The van der Waals surface area contributed by atoms with E-state index in [1.54, 1.807) is 4.90 Å². The molecule has 0 spiro atoms. The Hall–Kier alpha value is -2.24. The van der Waals surface area contributed by atoms with Crippen molar-refractivity contribution < 1.29 is 19.4 Å².